The Morgan fingerprint density at radius 3 is 2.93 bits per heavy atom. The number of benzene rings is 1. The van der Waals surface area contributed by atoms with E-state index in [1.165, 1.54) is 6.33 Å². The molecule has 2 N–H and O–H groups in total. The van der Waals surface area contributed by atoms with Crippen molar-refractivity contribution >= 4 is 5.69 Å². The number of aromatic nitrogens is 2. The molecule has 0 aliphatic rings. The van der Waals surface area contributed by atoms with Crippen molar-refractivity contribution in [2.24, 2.45) is 0 Å². The fourth-order valence-electron chi connectivity index (χ4n) is 1.01. The Morgan fingerprint density at radius 1 is 1.36 bits per heavy atom. The van der Waals surface area contributed by atoms with Gasteiger partial charge in [0.2, 0.25) is 0 Å². The van der Waals surface area contributed by atoms with Crippen LogP contribution in [-0.2, 0) is 6.61 Å². The number of hydrogen-bond acceptors (Lipinski definition) is 5. The fourth-order valence-corrected chi connectivity index (χ4v) is 1.01. The third-order valence-electron chi connectivity index (χ3n) is 1.68. The van der Waals surface area contributed by atoms with Gasteiger partial charge in [-0.25, -0.2) is 0 Å². The van der Waals surface area contributed by atoms with Crippen molar-refractivity contribution in [1.82, 2.24) is 10.1 Å². The highest BCUT2D eigenvalue weighted by atomic mass is 16.5. The molecule has 0 saturated carbocycles. The molecule has 0 unspecified atom stereocenters. The molecule has 5 heteroatoms. The second-order valence-electron chi connectivity index (χ2n) is 2.66. The number of nitrogen functional groups attached to an aromatic ring is 1. The molecule has 14 heavy (non-hydrogen) atoms. The summed E-state index contributed by atoms with van der Waals surface area (Å²) in [5.74, 6) is 1.04. The van der Waals surface area contributed by atoms with Gasteiger partial charge in [-0.05, 0) is 12.1 Å². The first-order chi connectivity index (χ1) is 6.86. The van der Waals surface area contributed by atoms with Crippen LogP contribution in [0, 0.1) is 0 Å². The van der Waals surface area contributed by atoms with E-state index in [-0.39, 0.29) is 6.61 Å². The van der Waals surface area contributed by atoms with E-state index in [1.54, 1.807) is 12.1 Å². The fraction of sp³-hybridized carbons (Fsp3) is 0.111. The summed E-state index contributed by atoms with van der Waals surface area (Å²) in [6.07, 6.45) is 1.33. The SMILES string of the molecule is Nc1ccccc1OCc1ncno1. The van der Waals surface area contributed by atoms with Crippen LogP contribution < -0.4 is 10.5 Å². The van der Waals surface area contributed by atoms with Gasteiger partial charge in [-0.15, -0.1) is 0 Å². The number of rotatable bonds is 3. The lowest BCUT2D eigenvalue weighted by molar-refractivity contribution is 0.244. The summed E-state index contributed by atoms with van der Waals surface area (Å²) in [7, 11) is 0. The standard InChI is InChI=1S/C9H9N3O2/c10-7-3-1-2-4-8(7)13-5-9-11-6-12-14-9/h1-4,6H,5,10H2. The van der Waals surface area contributed by atoms with Crippen molar-refractivity contribution in [3.63, 3.8) is 0 Å². The topological polar surface area (TPSA) is 74.2 Å². The molecule has 0 radical (unpaired) electrons. The zero-order valence-corrected chi connectivity index (χ0v) is 7.38. The van der Waals surface area contributed by atoms with Crippen molar-refractivity contribution in [3.05, 3.63) is 36.5 Å². The predicted molar refractivity (Wildman–Crippen MR) is 49.5 cm³/mol. The van der Waals surface area contributed by atoms with E-state index >= 15 is 0 Å². The van der Waals surface area contributed by atoms with Crippen LogP contribution in [0.2, 0.25) is 0 Å². The summed E-state index contributed by atoms with van der Waals surface area (Å²) in [5.41, 5.74) is 6.26. The van der Waals surface area contributed by atoms with E-state index in [9.17, 15) is 0 Å². The molecule has 0 aliphatic carbocycles. The smallest absolute Gasteiger partial charge is 0.264 e. The van der Waals surface area contributed by atoms with E-state index in [4.69, 9.17) is 15.0 Å². The lowest BCUT2D eigenvalue weighted by Crippen LogP contribution is -1.98. The molecule has 2 rings (SSSR count). The molecule has 1 heterocycles. The van der Waals surface area contributed by atoms with Gasteiger partial charge in [0.05, 0.1) is 5.69 Å². The minimum absolute atomic E-state index is 0.230. The van der Waals surface area contributed by atoms with Crippen LogP contribution in [0.15, 0.2) is 35.1 Å². The van der Waals surface area contributed by atoms with Crippen molar-refractivity contribution in [2.75, 3.05) is 5.73 Å². The number of nitrogens with zero attached hydrogens (tertiary/aromatic N) is 2. The van der Waals surface area contributed by atoms with Crippen LogP contribution in [0.3, 0.4) is 0 Å². The summed E-state index contributed by atoms with van der Waals surface area (Å²) in [4.78, 5) is 3.82. The van der Waals surface area contributed by atoms with Crippen LogP contribution >= 0.6 is 0 Å². The molecule has 5 nitrogen and oxygen atoms in total. The van der Waals surface area contributed by atoms with Gasteiger partial charge < -0.3 is 15.0 Å². The van der Waals surface area contributed by atoms with Crippen molar-refractivity contribution in [2.45, 2.75) is 6.61 Å². The van der Waals surface area contributed by atoms with E-state index < -0.39 is 0 Å². The number of para-hydroxylation sites is 2. The normalized spacial score (nSPS) is 10.0. The van der Waals surface area contributed by atoms with Crippen molar-refractivity contribution < 1.29 is 9.26 Å². The molecule has 1 aromatic carbocycles. The average Bonchev–Trinajstić information content (AvgIpc) is 2.69. The molecule has 0 spiro atoms. The Labute approximate surface area is 80.5 Å². The van der Waals surface area contributed by atoms with Gasteiger partial charge in [-0.1, -0.05) is 17.3 Å². The molecular weight excluding hydrogens is 182 g/mol. The van der Waals surface area contributed by atoms with Crippen LogP contribution in [-0.4, -0.2) is 10.1 Å². The maximum atomic E-state index is 5.67. The van der Waals surface area contributed by atoms with Crippen molar-refractivity contribution in [3.8, 4) is 5.75 Å². The second kappa shape index (κ2) is 3.78. The van der Waals surface area contributed by atoms with Gasteiger partial charge in [-0.2, -0.15) is 4.98 Å². The largest absolute Gasteiger partial charge is 0.482 e. The molecule has 0 aliphatic heterocycles. The number of nitrogens with two attached hydrogens (primary N) is 1. The van der Waals surface area contributed by atoms with Gasteiger partial charge in [-0.3, -0.25) is 0 Å². The molecule has 2 aromatic rings. The number of anilines is 1. The quantitative estimate of drug-likeness (QED) is 0.738. The highest BCUT2D eigenvalue weighted by Gasteiger charge is 2.02. The van der Waals surface area contributed by atoms with E-state index in [0.717, 1.165) is 0 Å². The zero-order valence-electron chi connectivity index (χ0n) is 7.38. The Morgan fingerprint density at radius 2 is 2.21 bits per heavy atom. The van der Waals surface area contributed by atoms with Crippen molar-refractivity contribution in [1.29, 1.82) is 0 Å². The molecule has 72 valence electrons. The minimum Gasteiger partial charge on any atom is -0.482 e. The summed E-state index contributed by atoms with van der Waals surface area (Å²) in [6, 6.07) is 7.24. The van der Waals surface area contributed by atoms with E-state index in [1.807, 2.05) is 12.1 Å². The van der Waals surface area contributed by atoms with Gasteiger partial charge >= 0.3 is 0 Å². The monoisotopic (exact) mass is 191 g/mol. The minimum atomic E-state index is 0.230. The van der Waals surface area contributed by atoms with E-state index in [0.29, 0.717) is 17.3 Å². The van der Waals surface area contributed by atoms with Gasteiger partial charge in [0, 0.05) is 0 Å². The summed E-state index contributed by atoms with van der Waals surface area (Å²) >= 11 is 0. The highest BCUT2D eigenvalue weighted by molar-refractivity contribution is 5.51. The molecule has 1 aromatic heterocycles. The third-order valence-corrected chi connectivity index (χ3v) is 1.68. The maximum absolute atomic E-state index is 5.67. The van der Waals surface area contributed by atoms with E-state index in [2.05, 4.69) is 10.1 Å². The first-order valence-electron chi connectivity index (χ1n) is 4.09. The average molecular weight is 191 g/mol. The van der Waals surface area contributed by atoms with Crippen LogP contribution in [0.1, 0.15) is 5.89 Å². The molecular formula is C9H9N3O2. The summed E-state index contributed by atoms with van der Waals surface area (Å²) in [5, 5.41) is 3.46. The maximum Gasteiger partial charge on any atom is 0.264 e. The van der Waals surface area contributed by atoms with Gasteiger partial charge in [0.25, 0.3) is 5.89 Å². The van der Waals surface area contributed by atoms with Crippen LogP contribution in [0.25, 0.3) is 0 Å². The second-order valence-corrected chi connectivity index (χ2v) is 2.66. The Balaban J connectivity index is 2.02. The summed E-state index contributed by atoms with van der Waals surface area (Å²) < 4.78 is 10.1. The Hall–Kier alpha value is -2.04. The Bertz CT molecular complexity index is 400. The molecule has 0 saturated heterocycles. The lowest BCUT2D eigenvalue weighted by Gasteiger charge is -2.05. The Kier molecular flexibility index (Phi) is 2.31. The van der Waals surface area contributed by atoms with Gasteiger partial charge in [0.1, 0.15) is 5.75 Å². The molecule has 0 amide bonds. The molecule has 0 bridgehead atoms. The first-order valence-corrected chi connectivity index (χ1v) is 4.09. The number of ether oxygens (including phenoxy) is 1. The molecule has 0 atom stereocenters. The number of hydrogen-bond donors (Lipinski definition) is 1. The zero-order chi connectivity index (χ0) is 9.80. The lowest BCUT2D eigenvalue weighted by atomic mass is 10.3. The van der Waals surface area contributed by atoms with Gasteiger partial charge in [0.15, 0.2) is 12.9 Å². The third kappa shape index (κ3) is 1.82. The van der Waals surface area contributed by atoms with Crippen LogP contribution in [0.5, 0.6) is 5.75 Å². The van der Waals surface area contributed by atoms with Crippen LogP contribution in [0.4, 0.5) is 5.69 Å². The summed E-state index contributed by atoms with van der Waals surface area (Å²) in [6.45, 7) is 0.230. The first kappa shape index (κ1) is 8.55. The predicted octanol–water partition coefficient (Wildman–Crippen LogP) is 1.23. The molecule has 0 fully saturated rings. The highest BCUT2D eigenvalue weighted by Crippen LogP contribution is 2.20.